The monoisotopic (exact) mass is 261 g/mol. The number of carbonyl (C=O) groups is 1. The second kappa shape index (κ2) is 6.04. The van der Waals surface area contributed by atoms with Gasteiger partial charge in [0.15, 0.2) is 0 Å². The molecule has 0 aliphatic rings. The lowest BCUT2D eigenvalue weighted by Crippen LogP contribution is -2.19. The van der Waals surface area contributed by atoms with Crippen LogP contribution in [0.25, 0.3) is 11.0 Å². The molecule has 19 heavy (non-hydrogen) atoms. The van der Waals surface area contributed by atoms with Gasteiger partial charge in [0.05, 0.1) is 6.61 Å². The average molecular weight is 261 g/mol. The van der Waals surface area contributed by atoms with Crippen LogP contribution >= 0.6 is 0 Å². The van der Waals surface area contributed by atoms with Crippen LogP contribution in [0.15, 0.2) is 39.5 Å². The van der Waals surface area contributed by atoms with Crippen LogP contribution in [0.4, 0.5) is 0 Å². The van der Waals surface area contributed by atoms with E-state index in [0.29, 0.717) is 24.5 Å². The molecule has 0 N–H and O–H groups in total. The Kier molecular flexibility index (Phi) is 4.18. The lowest BCUT2D eigenvalue weighted by molar-refractivity contribution is -0.117. The summed E-state index contributed by atoms with van der Waals surface area (Å²) in [5, 5.41) is 0.854. The fourth-order valence-electron chi connectivity index (χ4n) is 1.69. The van der Waals surface area contributed by atoms with E-state index >= 15 is 0 Å². The molecule has 0 bridgehead atoms. The molecule has 0 aliphatic carbocycles. The zero-order valence-electron chi connectivity index (χ0n) is 10.7. The van der Waals surface area contributed by atoms with Gasteiger partial charge in [-0.05, 0) is 24.6 Å². The van der Waals surface area contributed by atoms with Crippen LogP contribution in [-0.2, 0) is 4.79 Å². The van der Waals surface area contributed by atoms with E-state index in [1.807, 2.05) is 12.1 Å². The Morgan fingerprint density at radius 1 is 1.32 bits per heavy atom. The van der Waals surface area contributed by atoms with Crippen molar-refractivity contribution in [2.75, 3.05) is 20.2 Å². The molecular weight excluding hydrogens is 246 g/mol. The van der Waals surface area contributed by atoms with Crippen LogP contribution in [0.3, 0.4) is 0 Å². The zero-order chi connectivity index (χ0) is 13.7. The van der Waals surface area contributed by atoms with Crippen LogP contribution < -0.4 is 10.4 Å². The van der Waals surface area contributed by atoms with E-state index in [-0.39, 0.29) is 5.63 Å². The highest BCUT2D eigenvalue weighted by Gasteiger charge is 2.01. The van der Waals surface area contributed by atoms with E-state index < -0.39 is 0 Å². The molecule has 5 nitrogen and oxygen atoms in total. The molecule has 1 aromatic heterocycles. The molecule has 0 aliphatic heterocycles. The first kappa shape index (κ1) is 13.1. The maximum Gasteiger partial charge on any atom is 0.336 e. The quantitative estimate of drug-likeness (QED) is 0.450. The first-order valence-corrected chi connectivity index (χ1v) is 6.01. The lowest BCUT2D eigenvalue weighted by atomic mass is 10.2. The molecule has 2 aromatic rings. The van der Waals surface area contributed by atoms with Gasteiger partial charge in [0.25, 0.3) is 0 Å². The minimum absolute atomic E-state index is 0.378. The van der Waals surface area contributed by atoms with Gasteiger partial charge in [-0.15, -0.1) is 0 Å². The summed E-state index contributed by atoms with van der Waals surface area (Å²) < 4.78 is 10.6. The molecule has 1 heterocycles. The van der Waals surface area contributed by atoms with Crippen LogP contribution in [0.5, 0.6) is 5.75 Å². The maximum absolute atomic E-state index is 11.1. The van der Waals surface area contributed by atoms with E-state index in [0.717, 1.165) is 18.2 Å². The van der Waals surface area contributed by atoms with E-state index in [2.05, 4.69) is 0 Å². The van der Waals surface area contributed by atoms with Crippen LogP contribution in [0.2, 0.25) is 0 Å². The van der Waals surface area contributed by atoms with Crippen molar-refractivity contribution >= 4 is 17.4 Å². The molecule has 0 atom stereocenters. The highest BCUT2D eigenvalue weighted by molar-refractivity contribution is 5.77. The molecule has 0 spiro atoms. The highest BCUT2D eigenvalue weighted by atomic mass is 16.5. The summed E-state index contributed by atoms with van der Waals surface area (Å²) in [6.45, 7) is 1.15. The summed E-state index contributed by atoms with van der Waals surface area (Å²) in [6.07, 6.45) is 1.52. The summed E-state index contributed by atoms with van der Waals surface area (Å²) in [7, 11) is 1.72. The Balaban J connectivity index is 1.97. The Morgan fingerprint density at radius 3 is 2.89 bits per heavy atom. The zero-order valence-corrected chi connectivity index (χ0v) is 10.7. The molecule has 1 amide bonds. The molecule has 0 saturated heterocycles. The number of benzene rings is 1. The Hall–Kier alpha value is -2.30. The van der Waals surface area contributed by atoms with Crippen molar-refractivity contribution in [3.05, 3.63) is 40.8 Å². The number of hydrogen-bond acceptors (Lipinski definition) is 4. The third-order valence-corrected chi connectivity index (χ3v) is 2.70. The van der Waals surface area contributed by atoms with Gasteiger partial charge in [-0.2, -0.15) is 0 Å². The average Bonchev–Trinajstić information content (AvgIpc) is 2.42. The Bertz CT molecular complexity index is 620. The number of nitrogens with zero attached hydrogens (tertiary/aromatic N) is 1. The molecule has 0 saturated carbocycles. The summed E-state index contributed by atoms with van der Waals surface area (Å²) >= 11 is 0. The first-order chi connectivity index (χ1) is 9.19. The summed E-state index contributed by atoms with van der Waals surface area (Å²) in [5.74, 6) is 0.649. The fraction of sp³-hybridized carbons (Fsp3) is 0.286. The molecular formula is C14H15NO4. The van der Waals surface area contributed by atoms with Crippen LogP contribution in [0.1, 0.15) is 6.42 Å². The van der Waals surface area contributed by atoms with Crippen molar-refractivity contribution in [2.24, 2.45) is 0 Å². The summed E-state index contributed by atoms with van der Waals surface area (Å²) in [5.41, 5.74) is 0.132. The van der Waals surface area contributed by atoms with Gasteiger partial charge >= 0.3 is 5.63 Å². The molecule has 5 heteroatoms. The summed E-state index contributed by atoms with van der Waals surface area (Å²) in [6, 6.07) is 8.46. The molecule has 1 aromatic carbocycles. The molecule has 100 valence electrons. The Labute approximate surface area is 110 Å². The van der Waals surface area contributed by atoms with Crippen molar-refractivity contribution < 1.29 is 13.9 Å². The fourth-order valence-corrected chi connectivity index (χ4v) is 1.69. The van der Waals surface area contributed by atoms with Gasteiger partial charge in [0, 0.05) is 31.1 Å². The molecule has 2 rings (SSSR count). The van der Waals surface area contributed by atoms with E-state index in [9.17, 15) is 9.59 Å². The van der Waals surface area contributed by atoms with E-state index in [4.69, 9.17) is 9.15 Å². The minimum Gasteiger partial charge on any atom is -0.493 e. The van der Waals surface area contributed by atoms with E-state index in [1.54, 1.807) is 24.1 Å². The maximum atomic E-state index is 11.1. The number of rotatable bonds is 6. The van der Waals surface area contributed by atoms with E-state index in [1.165, 1.54) is 6.07 Å². The second-order valence-corrected chi connectivity index (χ2v) is 4.24. The minimum atomic E-state index is -0.378. The van der Waals surface area contributed by atoms with Gasteiger partial charge in [-0.25, -0.2) is 4.79 Å². The van der Waals surface area contributed by atoms with Gasteiger partial charge < -0.3 is 14.1 Å². The van der Waals surface area contributed by atoms with Gasteiger partial charge in [0.2, 0.25) is 6.41 Å². The SMILES string of the molecule is CN(C=O)CCCOc1ccc2ccc(=O)oc2c1. The predicted octanol–water partition coefficient (Wildman–Crippen LogP) is 1.65. The normalized spacial score (nSPS) is 10.4. The predicted molar refractivity (Wildman–Crippen MR) is 71.3 cm³/mol. The smallest absolute Gasteiger partial charge is 0.336 e. The van der Waals surface area contributed by atoms with Crippen molar-refractivity contribution in [3.63, 3.8) is 0 Å². The van der Waals surface area contributed by atoms with Crippen LogP contribution in [-0.4, -0.2) is 31.5 Å². The number of carbonyl (C=O) groups excluding carboxylic acids is 1. The standard InChI is InChI=1S/C14H15NO4/c1-15(10-16)7-2-8-18-12-5-3-11-4-6-14(17)19-13(11)9-12/h3-6,9-10H,2,7-8H2,1H3. The molecule has 0 unspecified atom stereocenters. The van der Waals surface area contributed by atoms with Gasteiger partial charge in [-0.3, -0.25) is 4.79 Å². The third kappa shape index (κ3) is 3.58. The largest absolute Gasteiger partial charge is 0.493 e. The Morgan fingerprint density at radius 2 is 2.11 bits per heavy atom. The van der Waals surface area contributed by atoms with Gasteiger partial charge in [-0.1, -0.05) is 0 Å². The molecule has 0 radical (unpaired) electrons. The molecule has 0 fully saturated rings. The first-order valence-electron chi connectivity index (χ1n) is 6.01. The third-order valence-electron chi connectivity index (χ3n) is 2.70. The highest BCUT2D eigenvalue weighted by Crippen LogP contribution is 2.19. The summed E-state index contributed by atoms with van der Waals surface area (Å²) in [4.78, 5) is 23.1. The van der Waals surface area contributed by atoms with Crippen molar-refractivity contribution in [3.8, 4) is 5.75 Å². The number of amides is 1. The number of fused-ring (bicyclic) bond motifs is 1. The topological polar surface area (TPSA) is 59.8 Å². The van der Waals surface area contributed by atoms with Crippen molar-refractivity contribution in [2.45, 2.75) is 6.42 Å². The van der Waals surface area contributed by atoms with Crippen molar-refractivity contribution in [1.29, 1.82) is 0 Å². The van der Waals surface area contributed by atoms with Gasteiger partial charge in [0.1, 0.15) is 11.3 Å². The lowest BCUT2D eigenvalue weighted by Gasteiger charge is -2.11. The van der Waals surface area contributed by atoms with Crippen molar-refractivity contribution in [1.82, 2.24) is 4.90 Å². The second-order valence-electron chi connectivity index (χ2n) is 4.24. The number of ether oxygens (including phenoxy) is 1. The number of hydrogen-bond donors (Lipinski definition) is 0. The van der Waals surface area contributed by atoms with Crippen LogP contribution in [0, 0.1) is 0 Å².